The molecule has 0 saturated heterocycles. The number of hydrogen-bond donors (Lipinski definition) is 0. The maximum Gasteiger partial charge on any atom is 0.143 e. The molecule has 0 aliphatic carbocycles. The average Bonchev–Trinajstić information content (AvgIpc) is 3.44. The van der Waals surface area contributed by atoms with Gasteiger partial charge in [0, 0.05) is 41.6 Å². The molecule has 0 fully saturated rings. The van der Waals surface area contributed by atoms with Crippen LogP contribution in [-0.4, -0.2) is 0 Å². The number of rotatable bonds is 3. The Kier molecular flexibility index (Phi) is 4.36. The van der Waals surface area contributed by atoms with Gasteiger partial charge in [0.1, 0.15) is 11.2 Å². The number of para-hydroxylation sites is 2. The fourth-order valence-corrected chi connectivity index (χ4v) is 8.78. The molecule has 7 aromatic rings. The predicted molar refractivity (Wildman–Crippen MR) is 145 cm³/mol. The van der Waals surface area contributed by atoms with Gasteiger partial charge in [-0.05, 0) is 25.4 Å². The Morgan fingerprint density at radius 2 is 1.18 bits per heavy atom. The molecule has 7 rings (SSSR count). The summed E-state index contributed by atoms with van der Waals surface area (Å²) in [4.78, 5) is 0. The third-order valence-corrected chi connectivity index (χ3v) is 10.1. The zero-order valence-electron chi connectivity index (χ0n) is 17.7. The molecule has 2 aromatic heterocycles. The van der Waals surface area contributed by atoms with Gasteiger partial charge in [0.25, 0.3) is 0 Å². The van der Waals surface area contributed by atoms with Crippen molar-refractivity contribution in [2.75, 3.05) is 0 Å². The zero-order chi connectivity index (χ0) is 21.8. The Bertz CT molecular complexity index is 1660. The van der Waals surface area contributed by atoms with Crippen molar-refractivity contribution in [1.82, 2.24) is 0 Å². The first-order chi connectivity index (χ1) is 16.4. The van der Waals surface area contributed by atoms with E-state index in [0.29, 0.717) is 0 Å². The first-order valence-electron chi connectivity index (χ1n) is 11.0. The summed E-state index contributed by atoms with van der Waals surface area (Å²) in [5.74, 6) is 0. The second-order valence-corrected chi connectivity index (χ2v) is 11.4. The summed E-state index contributed by atoms with van der Waals surface area (Å²) in [7, 11) is -0.803. The number of benzene rings is 5. The van der Waals surface area contributed by atoms with Gasteiger partial charge < -0.3 is 4.42 Å². The molecule has 0 aliphatic heterocycles. The molecule has 0 unspecified atom stereocenters. The van der Waals surface area contributed by atoms with Crippen molar-refractivity contribution in [1.29, 1.82) is 0 Å². The van der Waals surface area contributed by atoms with Crippen LogP contribution in [0.25, 0.3) is 42.1 Å². The van der Waals surface area contributed by atoms with Crippen LogP contribution in [0, 0.1) is 0 Å². The second kappa shape index (κ2) is 7.56. The first kappa shape index (κ1) is 19.1. The van der Waals surface area contributed by atoms with Gasteiger partial charge >= 0.3 is 0 Å². The lowest BCUT2D eigenvalue weighted by atomic mass is 10.1. The van der Waals surface area contributed by atoms with Crippen molar-refractivity contribution in [3.63, 3.8) is 0 Å². The van der Waals surface area contributed by atoms with Crippen LogP contribution in [0.4, 0.5) is 0 Å². The van der Waals surface area contributed by atoms with Gasteiger partial charge in [-0.25, -0.2) is 0 Å². The highest BCUT2D eigenvalue weighted by Crippen LogP contribution is 2.43. The number of furan rings is 1. The van der Waals surface area contributed by atoms with Gasteiger partial charge in [-0.3, -0.25) is 0 Å². The van der Waals surface area contributed by atoms with Crippen molar-refractivity contribution in [3.8, 4) is 0 Å². The molecule has 0 radical (unpaired) electrons. The van der Waals surface area contributed by atoms with Gasteiger partial charge in [0.2, 0.25) is 0 Å². The Labute approximate surface area is 196 Å². The van der Waals surface area contributed by atoms with Gasteiger partial charge in [-0.15, -0.1) is 11.3 Å². The minimum absolute atomic E-state index is 0.803. The molecule has 0 bridgehead atoms. The van der Waals surface area contributed by atoms with E-state index >= 15 is 0 Å². The van der Waals surface area contributed by atoms with Crippen LogP contribution in [0.5, 0.6) is 0 Å². The first-order valence-corrected chi connectivity index (χ1v) is 13.2. The maximum absolute atomic E-state index is 6.50. The predicted octanol–water partition coefficient (Wildman–Crippen LogP) is 7.71. The highest BCUT2D eigenvalue weighted by molar-refractivity contribution is 7.81. The molecule has 1 nitrogen and oxygen atoms in total. The van der Waals surface area contributed by atoms with E-state index in [0.717, 1.165) is 11.2 Å². The van der Waals surface area contributed by atoms with Gasteiger partial charge in [0.05, 0.1) is 0 Å². The van der Waals surface area contributed by atoms with E-state index in [2.05, 4.69) is 109 Å². The summed E-state index contributed by atoms with van der Waals surface area (Å²) in [6.45, 7) is 0. The van der Waals surface area contributed by atoms with Gasteiger partial charge in [0.15, 0.2) is 0 Å². The van der Waals surface area contributed by atoms with Crippen LogP contribution < -0.4 is 15.9 Å². The van der Waals surface area contributed by atoms with Gasteiger partial charge in [-0.1, -0.05) is 103 Å². The van der Waals surface area contributed by atoms with E-state index < -0.39 is 7.92 Å². The largest absolute Gasteiger partial charge is 0.455 e. The molecule has 0 amide bonds. The lowest BCUT2D eigenvalue weighted by Crippen LogP contribution is -2.21. The normalized spacial score (nSPS) is 12.7. The summed E-state index contributed by atoms with van der Waals surface area (Å²) < 4.78 is 9.21. The van der Waals surface area contributed by atoms with Crippen LogP contribution >= 0.6 is 19.3 Å². The SMILES string of the molecule is c1ccc([P@](c2cccc3c2oc2ccccc23)c2cccc3c2sc2ccccc23)cc1. The Morgan fingerprint density at radius 1 is 0.515 bits per heavy atom. The van der Waals surface area contributed by atoms with E-state index in [-0.39, 0.29) is 0 Å². The molecule has 156 valence electrons. The van der Waals surface area contributed by atoms with Crippen molar-refractivity contribution in [2.45, 2.75) is 0 Å². The zero-order valence-corrected chi connectivity index (χ0v) is 19.4. The summed E-state index contributed by atoms with van der Waals surface area (Å²) >= 11 is 1.90. The van der Waals surface area contributed by atoms with Crippen molar-refractivity contribution in [2.24, 2.45) is 0 Å². The molecule has 1 atom stereocenters. The minimum Gasteiger partial charge on any atom is -0.455 e. The Morgan fingerprint density at radius 3 is 2.06 bits per heavy atom. The van der Waals surface area contributed by atoms with Crippen LogP contribution in [0.15, 0.2) is 120 Å². The molecular weight excluding hydrogens is 439 g/mol. The Balaban J connectivity index is 1.58. The monoisotopic (exact) mass is 458 g/mol. The molecule has 0 aliphatic rings. The number of thiophene rings is 1. The van der Waals surface area contributed by atoms with Crippen LogP contribution in [-0.2, 0) is 0 Å². The van der Waals surface area contributed by atoms with E-state index in [1.807, 2.05) is 17.4 Å². The van der Waals surface area contributed by atoms with E-state index in [1.165, 1.54) is 46.9 Å². The average molecular weight is 459 g/mol. The topological polar surface area (TPSA) is 13.1 Å². The lowest BCUT2D eigenvalue weighted by Gasteiger charge is -2.20. The summed E-state index contributed by atoms with van der Waals surface area (Å²) in [6, 6.07) is 41.4. The van der Waals surface area contributed by atoms with E-state index in [4.69, 9.17) is 4.42 Å². The molecule has 33 heavy (non-hydrogen) atoms. The number of hydrogen-bond acceptors (Lipinski definition) is 2. The van der Waals surface area contributed by atoms with Crippen molar-refractivity contribution < 1.29 is 4.42 Å². The third kappa shape index (κ3) is 2.95. The standard InChI is InChI=1S/C30H19OPS/c1-2-10-20(11-3-1)32(26-17-8-14-23-21-12-4-6-16-25(21)31-29(23)26)27-18-9-15-24-22-13-5-7-19-28(22)33-30(24)27/h1-19H/t32-/m1/s1. The highest BCUT2D eigenvalue weighted by Gasteiger charge is 2.24. The molecule has 0 N–H and O–H groups in total. The van der Waals surface area contributed by atoms with E-state index in [9.17, 15) is 0 Å². The number of fused-ring (bicyclic) bond motifs is 6. The van der Waals surface area contributed by atoms with Crippen LogP contribution in [0.1, 0.15) is 0 Å². The van der Waals surface area contributed by atoms with Crippen molar-refractivity contribution in [3.05, 3.63) is 115 Å². The summed E-state index contributed by atoms with van der Waals surface area (Å²) in [5, 5.41) is 9.05. The summed E-state index contributed by atoms with van der Waals surface area (Å²) in [6.07, 6.45) is 0. The highest BCUT2D eigenvalue weighted by atomic mass is 32.1. The third-order valence-electron chi connectivity index (χ3n) is 6.26. The summed E-state index contributed by atoms with van der Waals surface area (Å²) in [5.41, 5.74) is 1.95. The molecule has 3 heteroatoms. The quantitative estimate of drug-likeness (QED) is 0.247. The maximum atomic E-state index is 6.50. The molecule has 0 spiro atoms. The van der Waals surface area contributed by atoms with Crippen LogP contribution in [0.2, 0.25) is 0 Å². The molecule has 0 saturated carbocycles. The molecular formula is C30H19OPS. The minimum atomic E-state index is -0.803. The molecule has 2 heterocycles. The smallest absolute Gasteiger partial charge is 0.143 e. The van der Waals surface area contributed by atoms with E-state index in [1.54, 1.807) is 0 Å². The second-order valence-electron chi connectivity index (χ2n) is 8.18. The fraction of sp³-hybridized carbons (Fsp3) is 0. The lowest BCUT2D eigenvalue weighted by molar-refractivity contribution is 0.671. The van der Waals surface area contributed by atoms with Crippen LogP contribution in [0.3, 0.4) is 0 Å². The fourth-order valence-electron chi connectivity index (χ4n) is 4.80. The molecule has 5 aromatic carbocycles. The van der Waals surface area contributed by atoms with Crippen molar-refractivity contribution >= 4 is 77.3 Å². The van der Waals surface area contributed by atoms with Gasteiger partial charge in [-0.2, -0.15) is 0 Å². The Hall–Kier alpha value is -3.45.